The van der Waals surface area contributed by atoms with E-state index in [1.54, 1.807) is 6.92 Å². The lowest BCUT2D eigenvalue weighted by atomic mass is 9.87. The smallest absolute Gasteiger partial charge is 0.0980 e. The Balaban J connectivity index is 2.65. The molecule has 1 rings (SSSR count). The van der Waals surface area contributed by atoms with E-state index in [0.717, 1.165) is 0 Å². The quantitative estimate of drug-likeness (QED) is 0.571. The van der Waals surface area contributed by atoms with E-state index in [9.17, 15) is 5.11 Å². The van der Waals surface area contributed by atoms with Crippen LogP contribution >= 0.6 is 0 Å². The normalized spacial score (nSPS) is 36.6. The van der Waals surface area contributed by atoms with Gasteiger partial charge in [0.05, 0.1) is 5.60 Å². The van der Waals surface area contributed by atoms with Gasteiger partial charge in [-0.2, -0.15) is 0 Å². The van der Waals surface area contributed by atoms with Crippen LogP contribution in [-0.2, 0) is 0 Å². The Bertz CT molecular complexity index is 171. The van der Waals surface area contributed by atoms with Gasteiger partial charge in [0.2, 0.25) is 0 Å². The molecule has 0 bridgehead atoms. The Morgan fingerprint density at radius 3 is 2.09 bits per heavy atom. The largest absolute Gasteiger partial charge is 0.382 e. The topological polar surface area (TPSA) is 20.2 Å². The number of aliphatic hydroxyl groups is 1. The molecule has 0 heterocycles. The minimum Gasteiger partial charge on any atom is -0.382 e. The van der Waals surface area contributed by atoms with Gasteiger partial charge in [-0.15, -0.1) is 0 Å². The summed E-state index contributed by atoms with van der Waals surface area (Å²) in [5.74, 6) is 1.12. The third-order valence-electron chi connectivity index (χ3n) is 2.08. The van der Waals surface area contributed by atoms with Crippen molar-refractivity contribution in [1.29, 1.82) is 0 Å². The Hall–Kier alpha value is -0.560. The highest BCUT2D eigenvalue weighted by molar-refractivity contribution is 5.21. The summed E-state index contributed by atoms with van der Waals surface area (Å²) in [6.45, 7) is 6.15. The number of hydrogen-bond acceptors (Lipinski definition) is 1. The summed E-state index contributed by atoms with van der Waals surface area (Å²) >= 11 is 0. The Kier molecular flexibility index (Phi) is 2.19. The third kappa shape index (κ3) is 2.19. The molecule has 1 heteroatoms. The molecule has 1 aliphatic carbocycles. The molecular weight excluding hydrogens is 136 g/mol. The fourth-order valence-electron chi connectivity index (χ4n) is 1.18. The zero-order valence-electron chi connectivity index (χ0n) is 7.41. The highest BCUT2D eigenvalue weighted by Crippen LogP contribution is 2.22. The average molecular weight is 152 g/mol. The number of rotatable bonds is 1. The van der Waals surface area contributed by atoms with E-state index in [4.69, 9.17) is 0 Å². The first-order valence-electron chi connectivity index (χ1n) is 4.12. The summed E-state index contributed by atoms with van der Waals surface area (Å²) in [7, 11) is 0. The van der Waals surface area contributed by atoms with Crippen molar-refractivity contribution in [1.82, 2.24) is 0 Å². The lowest BCUT2D eigenvalue weighted by molar-refractivity contribution is 0.160. The maximum absolute atomic E-state index is 9.50. The standard InChI is InChI=1S/C10H16O/c1-8(2)9-4-6-10(3,11)7-5-9/h4-9,11H,1-3H3. The van der Waals surface area contributed by atoms with E-state index in [2.05, 4.69) is 26.0 Å². The molecule has 0 aromatic rings. The van der Waals surface area contributed by atoms with Gasteiger partial charge in [-0.3, -0.25) is 0 Å². The molecular formula is C10H16O. The maximum Gasteiger partial charge on any atom is 0.0980 e. The van der Waals surface area contributed by atoms with Gasteiger partial charge in [0.25, 0.3) is 0 Å². The Morgan fingerprint density at radius 1 is 1.27 bits per heavy atom. The molecule has 0 aromatic heterocycles. The second-order valence-corrected chi connectivity index (χ2v) is 3.77. The molecule has 1 nitrogen and oxygen atoms in total. The lowest BCUT2D eigenvalue weighted by Crippen LogP contribution is -2.21. The average Bonchev–Trinajstić information content (AvgIpc) is 1.86. The van der Waals surface area contributed by atoms with Gasteiger partial charge >= 0.3 is 0 Å². The third-order valence-corrected chi connectivity index (χ3v) is 2.08. The molecule has 0 atom stereocenters. The number of allylic oxidation sites excluding steroid dienone is 2. The van der Waals surface area contributed by atoms with Gasteiger partial charge in [0.15, 0.2) is 0 Å². The van der Waals surface area contributed by atoms with Crippen molar-refractivity contribution in [2.75, 3.05) is 0 Å². The fraction of sp³-hybridized carbons (Fsp3) is 0.600. The first kappa shape index (κ1) is 8.54. The molecule has 0 aliphatic heterocycles. The summed E-state index contributed by atoms with van der Waals surface area (Å²) in [5, 5.41) is 9.50. The first-order valence-corrected chi connectivity index (χ1v) is 4.12. The Labute approximate surface area is 68.4 Å². The highest BCUT2D eigenvalue weighted by atomic mass is 16.3. The SMILES string of the molecule is CC(C)C1C=CC(C)(O)C=C1. The van der Waals surface area contributed by atoms with Crippen LogP contribution in [0.2, 0.25) is 0 Å². The highest BCUT2D eigenvalue weighted by Gasteiger charge is 2.18. The summed E-state index contributed by atoms with van der Waals surface area (Å²) in [6, 6.07) is 0. The predicted octanol–water partition coefficient (Wildman–Crippen LogP) is 2.14. The van der Waals surface area contributed by atoms with E-state index in [1.807, 2.05) is 12.2 Å². The van der Waals surface area contributed by atoms with Crippen molar-refractivity contribution in [3.63, 3.8) is 0 Å². The van der Waals surface area contributed by atoms with Crippen molar-refractivity contribution >= 4 is 0 Å². The lowest BCUT2D eigenvalue weighted by Gasteiger charge is -2.22. The summed E-state index contributed by atoms with van der Waals surface area (Å²) in [4.78, 5) is 0. The van der Waals surface area contributed by atoms with Crippen LogP contribution in [0.4, 0.5) is 0 Å². The van der Waals surface area contributed by atoms with Crippen LogP contribution in [0.15, 0.2) is 24.3 Å². The Morgan fingerprint density at radius 2 is 1.73 bits per heavy atom. The van der Waals surface area contributed by atoms with Crippen LogP contribution in [0.25, 0.3) is 0 Å². The van der Waals surface area contributed by atoms with Gasteiger partial charge in [0, 0.05) is 0 Å². The molecule has 0 saturated carbocycles. The van der Waals surface area contributed by atoms with Crippen LogP contribution in [0.3, 0.4) is 0 Å². The van der Waals surface area contributed by atoms with Crippen molar-refractivity contribution in [3.05, 3.63) is 24.3 Å². The monoisotopic (exact) mass is 152 g/mol. The zero-order chi connectivity index (χ0) is 8.48. The molecule has 1 aliphatic rings. The predicted molar refractivity (Wildman–Crippen MR) is 47.2 cm³/mol. The molecule has 11 heavy (non-hydrogen) atoms. The van der Waals surface area contributed by atoms with Gasteiger partial charge in [-0.1, -0.05) is 38.2 Å². The molecule has 62 valence electrons. The van der Waals surface area contributed by atoms with Gasteiger partial charge in [-0.05, 0) is 18.8 Å². The van der Waals surface area contributed by atoms with E-state index in [1.165, 1.54) is 0 Å². The van der Waals surface area contributed by atoms with Crippen LogP contribution in [0, 0.1) is 11.8 Å². The van der Waals surface area contributed by atoms with Crippen LogP contribution < -0.4 is 0 Å². The zero-order valence-corrected chi connectivity index (χ0v) is 7.41. The molecule has 0 unspecified atom stereocenters. The first-order chi connectivity index (χ1) is 5.01. The van der Waals surface area contributed by atoms with Crippen LogP contribution in [-0.4, -0.2) is 10.7 Å². The van der Waals surface area contributed by atoms with Crippen molar-refractivity contribution < 1.29 is 5.11 Å². The van der Waals surface area contributed by atoms with Crippen LogP contribution in [0.1, 0.15) is 20.8 Å². The summed E-state index contributed by atoms with van der Waals surface area (Å²) in [6.07, 6.45) is 7.87. The second kappa shape index (κ2) is 2.82. The minimum absolute atomic E-state index is 0.496. The van der Waals surface area contributed by atoms with Gasteiger partial charge in [0.1, 0.15) is 0 Å². The van der Waals surface area contributed by atoms with E-state index in [0.29, 0.717) is 11.8 Å². The van der Waals surface area contributed by atoms with Crippen molar-refractivity contribution in [2.24, 2.45) is 11.8 Å². The fourth-order valence-corrected chi connectivity index (χ4v) is 1.18. The summed E-state index contributed by atoms with van der Waals surface area (Å²) in [5.41, 5.74) is -0.717. The molecule has 0 amide bonds. The maximum atomic E-state index is 9.50. The molecule has 0 aromatic carbocycles. The van der Waals surface area contributed by atoms with E-state index in [-0.39, 0.29) is 0 Å². The van der Waals surface area contributed by atoms with Gasteiger partial charge in [-0.25, -0.2) is 0 Å². The van der Waals surface area contributed by atoms with Crippen molar-refractivity contribution in [2.45, 2.75) is 26.4 Å². The van der Waals surface area contributed by atoms with Gasteiger partial charge < -0.3 is 5.11 Å². The molecule has 0 saturated heterocycles. The minimum atomic E-state index is -0.717. The van der Waals surface area contributed by atoms with E-state index < -0.39 is 5.60 Å². The van der Waals surface area contributed by atoms with Crippen LogP contribution in [0.5, 0.6) is 0 Å². The molecule has 0 fully saturated rings. The molecule has 0 spiro atoms. The van der Waals surface area contributed by atoms with Crippen molar-refractivity contribution in [3.8, 4) is 0 Å². The summed E-state index contributed by atoms with van der Waals surface area (Å²) < 4.78 is 0. The second-order valence-electron chi connectivity index (χ2n) is 3.77. The molecule has 0 radical (unpaired) electrons. The van der Waals surface area contributed by atoms with E-state index >= 15 is 0 Å². The number of hydrogen-bond donors (Lipinski definition) is 1. The molecule has 1 N–H and O–H groups in total.